The summed E-state index contributed by atoms with van der Waals surface area (Å²) >= 11 is 2.81. The molecule has 8 nitrogen and oxygen atoms in total. The smallest absolute Gasteiger partial charge is 0.260 e. The average Bonchev–Trinajstić information content (AvgIpc) is 3.13. The summed E-state index contributed by atoms with van der Waals surface area (Å²) in [7, 11) is -3.72. The Labute approximate surface area is 128 Å². The van der Waals surface area contributed by atoms with Crippen LogP contribution in [0.5, 0.6) is 0 Å². The van der Waals surface area contributed by atoms with Gasteiger partial charge in [0.15, 0.2) is 10.8 Å². The van der Waals surface area contributed by atoms with Crippen LogP contribution in [0.15, 0.2) is 27.5 Å². The highest BCUT2D eigenvalue weighted by Gasteiger charge is 2.25. The minimum Gasteiger partial charge on any atom is -0.306 e. The first-order valence-corrected chi connectivity index (χ1v) is 9.21. The summed E-state index contributed by atoms with van der Waals surface area (Å²) in [6.45, 7) is 0.257. The number of nitrogen functional groups attached to an aromatic ring is 1. The van der Waals surface area contributed by atoms with Crippen LogP contribution in [0.4, 0.5) is 5.82 Å². The normalized spacial score (nSPS) is 12.0. The van der Waals surface area contributed by atoms with Crippen molar-refractivity contribution in [2.24, 2.45) is 5.84 Å². The lowest BCUT2D eigenvalue weighted by molar-refractivity contribution is 0.577. The molecule has 4 N–H and O–H groups in total. The van der Waals surface area contributed by atoms with Crippen LogP contribution >= 0.6 is 22.7 Å². The van der Waals surface area contributed by atoms with Gasteiger partial charge in [-0.05, 0) is 0 Å². The quantitative estimate of drug-likeness (QED) is 0.447. The monoisotopic (exact) mass is 344 g/mol. The zero-order valence-corrected chi connectivity index (χ0v) is 13.1. The Kier molecular flexibility index (Phi) is 3.91. The first kappa shape index (κ1) is 14.4. The van der Waals surface area contributed by atoms with E-state index in [1.54, 1.807) is 17.1 Å². The molecule has 0 aliphatic heterocycles. The third-order valence-corrected chi connectivity index (χ3v) is 5.64. The summed E-state index contributed by atoms with van der Waals surface area (Å²) in [6.07, 6.45) is 2.17. The van der Waals surface area contributed by atoms with Crippen LogP contribution in [0, 0.1) is 0 Å². The third kappa shape index (κ3) is 2.78. The van der Waals surface area contributed by atoms with Gasteiger partial charge in [-0.25, -0.2) is 24.0 Å². The Hall–Kier alpha value is -1.53. The van der Waals surface area contributed by atoms with Crippen molar-refractivity contribution in [3.8, 4) is 0 Å². The molecule has 0 aromatic carbocycles. The van der Waals surface area contributed by atoms with Gasteiger partial charge in [0.2, 0.25) is 5.03 Å². The lowest BCUT2D eigenvalue weighted by atomic mass is 10.3. The van der Waals surface area contributed by atoms with Crippen LogP contribution in [0.3, 0.4) is 0 Å². The maximum Gasteiger partial charge on any atom is 0.260 e. The molecular formula is C10H12N6O2S3. The number of thiazole rings is 2. The Morgan fingerprint density at radius 2 is 2.29 bits per heavy atom. The lowest BCUT2D eigenvalue weighted by Crippen LogP contribution is -2.28. The zero-order chi connectivity index (χ0) is 14.9. The fourth-order valence-corrected chi connectivity index (χ4v) is 4.50. The van der Waals surface area contributed by atoms with Crippen molar-refractivity contribution in [2.75, 3.05) is 12.0 Å². The second-order valence-electron chi connectivity index (χ2n) is 4.09. The van der Waals surface area contributed by atoms with Gasteiger partial charge in [-0.15, -0.1) is 22.7 Å². The second-order valence-corrected chi connectivity index (χ2v) is 7.37. The molecule has 0 unspecified atom stereocenters. The number of nitrogens with zero attached hydrogens (tertiary/aromatic N) is 3. The molecule has 0 aliphatic carbocycles. The summed E-state index contributed by atoms with van der Waals surface area (Å²) in [5.41, 5.74) is 4.90. The Morgan fingerprint density at radius 1 is 1.43 bits per heavy atom. The van der Waals surface area contributed by atoms with Gasteiger partial charge in [-0.1, -0.05) is 0 Å². The van der Waals surface area contributed by atoms with Crippen molar-refractivity contribution in [1.29, 1.82) is 0 Å². The molecule has 0 radical (unpaired) electrons. The van der Waals surface area contributed by atoms with Crippen LogP contribution in [0.25, 0.3) is 4.96 Å². The van der Waals surface area contributed by atoms with Gasteiger partial charge in [0.25, 0.3) is 10.0 Å². The fourth-order valence-electron chi connectivity index (χ4n) is 1.86. The summed E-state index contributed by atoms with van der Waals surface area (Å²) in [6, 6.07) is 0. The van der Waals surface area contributed by atoms with Gasteiger partial charge in [-0.2, -0.15) is 4.98 Å². The van der Waals surface area contributed by atoms with E-state index in [4.69, 9.17) is 5.84 Å². The van der Waals surface area contributed by atoms with Gasteiger partial charge in [0.1, 0.15) is 0 Å². The molecule has 3 aromatic rings. The first-order valence-electron chi connectivity index (χ1n) is 5.91. The minimum atomic E-state index is -3.72. The molecule has 0 spiro atoms. The van der Waals surface area contributed by atoms with Crippen molar-refractivity contribution in [2.45, 2.75) is 11.4 Å². The van der Waals surface area contributed by atoms with E-state index in [0.29, 0.717) is 11.4 Å². The van der Waals surface area contributed by atoms with E-state index in [1.165, 1.54) is 27.1 Å². The molecule has 3 rings (SSSR count). The second kappa shape index (κ2) is 5.69. The van der Waals surface area contributed by atoms with Gasteiger partial charge in [0, 0.05) is 29.9 Å². The number of hydrogen-bond acceptors (Lipinski definition) is 8. The zero-order valence-electron chi connectivity index (χ0n) is 10.7. The number of hydrogen-bond donors (Lipinski definition) is 3. The van der Waals surface area contributed by atoms with Crippen LogP contribution < -0.4 is 16.0 Å². The number of aromatic nitrogens is 3. The van der Waals surface area contributed by atoms with E-state index in [9.17, 15) is 8.42 Å². The van der Waals surface area contributed by atoms with Crippen molar-refractivity contribution in [1.82, 2.24) is 19.1 Å². The van der Waals surface area contributed by atoms with E-state index >= 15 is 0 Å². The molecule has 112 valence electrons. The standard InChI is InChI=1S/C10H12N6O2S3/c11-15-8-9(16-3-4-20-10(16)14-8)21(17,18)13-2-1-7-5-19-6-12-7/h3-6,13,15H,1-2,11H2. The van der Waals surface area contributed by atoms with Crippen molar-refractivity contribution in [3.63, 3.8) is 0 Å². The fraction of sp³-hybridized carbons (Fsp3) is 0.200. The highest BCUT2D eigenvalue weighted by molar-refractivity contribution is 7.89. The van der Waals surface area contributed by atoms with Gasteiger partial charge in [-0.3, -0.25) is 4.40 Å². The number of sulfonamides is 1. The average molecular weight is 344 g/mol. The number of nitrogens with two attached hydrogens (primary N) is 1. The van der Waals surface area contributed by atoms with Crippen LogP contribution in [0.1, 0.15) is 5.69 Å². The molecule has 0 bridgehead atoms. The molecule has 3 heterocycles. The number of anilines is 1. The molecule has 21 heavy (non-hydrogen) atoms. The molecule has 0 aliphatic rings. The Balaban J connectivity index is 1.84. The first-order chi connectivity index (χ1) is 10.1. The highest BCUT2D eigenvalue weighted by atomic mass is 32.2. The summed E-state index contributed by atoms with van der Waals surface area (Å²) in [4.78, 5) is 8.80. The predicted octanol–water partition coefficient (Wildman–Crippen LogP) is 0.659. The maximum atomic E-state index is 12.4. The van der Waals surface area contributed by atoms with Gasteiger partial charge in [0.05, 0.1) is 11.2 Å². The SMILES string of the molecule is NNc1nc2sccn2c1S(=O)(=O)NCCc1cscn1. The molecule has 3 aromatic heterocycles. The Bertz CT molecular complexity index is 836. The lowest BCUT2D eigenvalue weighted by Gasteiger charge is -2.06. The van der Waals surface area contributed by atoms with Gasteiger partial charge < -0.3 is 5.43 Å². The molecule has 0 fully saturated rings. The summed E-state index contributed by atoms with van der Waals surface area (Å²) in [5.74, 6) is 5.48. The van der Waals surface area contributed by atoms with Gasteiger partial charge >= 0.3 is 0 Å². The van der Waals surface area contributed by atoms with E-state index < -0.39 is 10.0 Å². The number of imidazole rings is 1. The molecule has 0 amide bonds. The summed E-state index contributed by atoms with van der Waals surface area (Å²) in [5, 5.41) is 3.66. The topological polar surface area (TPSA) is 114 Å². The largest absolute Gasteiger partial charge is 0.306 e. The Morgan fingerprint density at radius 3 is 3.00 bits per heavy atom. The van der Waals surface area contributed by atoms with Crippen LogP contribution in [0.2, 0.25) is 0 Å². The summed E-state index contributed by atoms with van der Waals surface area (Å²) < 4.78 is 28.9. The van der Waals surface area contributed by atoms with E-state index in [-0.39, 0.29) is 17.4 Å². The number of nitrogens with one attached hydrogen (secondary N) is 2. The van der Waals surface area contributed by atoms with E-state index in [2.05, 4.69) is 20.1 Å². The van der Waals surface area contributed by atoms with Crippen molar-refractivity contribution >= 4 is 43.5 Å². The number of hydrazine groups is 1. The third-order valence-electron chi connectivity index (χ3n) is 2.77. The molecule has 0 saturated carbocycles. The predicted molar refractivity (Wildman–Crippen MR) is 81.9 cm³/mol. The van der Waals surface area contributed by atoms with E-state index in [0.717, 1.165) is 5.69 Å². The van der Waals surface area contributed by atoms with Crippen LogP contribution in [-0.4, -0.2) is 29.3 Å². The molecule has 11 heteroatoms. The maximum absolute atomic E-state index is 12.4. The molecular weight excluding hydrogens is 332 g/mol. The molecule has 0 saturated heterocycles. The van der Waals surface area contributed by atoms with Crippen molar-refractivity contribution in [3.05, 3.63) is 28.2 Å². The van der Waals surface area contributed by atoms with Crippen LogP contribution in [-0.2, 0) is 16.4 Å². The van der Waals surface area contributed by atoms with Crippen molar-refractivity contribution < 1.29 is 8.42 Å². The molecule has 0 atom stereocenters. The minimum absolute atomic E-state index is 0.0135. The number of rotatable bonds is 6. The number of fused-ring (bicyclic) bond motifs is 1. The highest BCUT2D eigenvalue weighted by Crippen LogP contribution is 2.24. The van der Waals surface area contributed by atoms with E-state index in [1.807, 2.05) is 5.38 Å².